The van der Waals surface area contributed by atoms with Crippen LogP contribution in [0.25, 0.3) is 0 Å². The van der Waals surface area contributed by atoms with Crippen LogP contribution in [0.15, 0.2) is 48.5 Å². The Kier molecular flexibility index (Phi) is 4.51. The first kappa shape index (κ1) is 19.6. The maximum atomic E-state index is 13.7. The van der Waals surface area contributed by atoms with Gasteiger partial charge in [0.25, 0.3) is 5.91 Å². The van der Waals surface area contributed by atoms with Crippen molar-refractivity contribution in [1.29, 1.82) is 0 Å². The van der Waals surface area contributed by atoms with E-state index in [1.54, 1.807) is 30.3 Å². The first-order valence-electron chi connectivity index (χ1n) is 9.33. The zero-order chi connectivity index (χ0) is 21.0. The van der Waals surface area contributed by atoms with Crippen LogP contribution >= 0.6 is 0 Å². The van der Waals surface area contributed by atoms with Crippen molar-refractivity contribution in [2.75, 3.05) is 11.5 Å². The molecule has 29 heavy (non-hydrogen) atoms. The molecule has 0 radical (unpaired) electrons. The van der Waals surface area contributed by atoms with E-state index in [-0.39, 0.29) is 0 Å². The first-order valence-corrected chi connectivity index (χ1v) is 11.2. The van der Waals surface area contributed by atoms with Gasteiger partial charge in [0.1, 0.15) is 0 Å². The lowest BCUT2D eigenvalue weighted by atomic mass is 9.81. The van der Waals surface area contributed by atoms with E-state index >= 15 is 0 Å². The Bertz CT molecular complexity index is 1100. The molecule has 3 atom stereocenters. The van der Waals surface area contributed by atoms with Gasteiger partial charge in [0.2, 0.25) is 0 Å². The van der Waals surface area contributed by atoms with Gasteiger partial charge in [-0.2, -0.15) is 0 Å². The number of rotatable bonds is 3. The highest BCUT2D eigenvalue weighted by Crippen LogP contribution is 2.38. The van der Waals surface area contributed by atoms with Crippen molar-refractivity contribution >= 4 is 21.8 Å². The van der Waals surface area contributed by atoms with Gasteiger partial charge in [0.15, 0.2) is 15.4 Å². The van der Waals surface area contributed by atoms with Gasteiger partial charge in [0, 0.05) is 0 Å². The second-order valence-electron chi connectivity index (χ2n) is 7.73. The average Bonchev–Trinajstić information content (AvgIpc) is 3.09. The van der Waals surface area contributed by atoms with Crippen LogP contribution in [0.1, 0.15) is 22.3 Å². The molecule has 2 aliphatic rings. The molecule has 0 saturated carbocycles. The smallest absolute Gasteiger partial charge is 0.325 e. The quantitative estimate of drug-likeness (QED) is 0.736. The zero-order valence-corrected chi connectivity index (χ0v) is 16.9. The van der Waals surface area contributed by atoms with Gasteiger partial charge in [0.05, 0.1) is 23.7 Å². The summed E-state index contributed by atoms with van der Waals surface area (Å²) in [5.41, 5.74) is 1.68. The van der Waals surface area contributed by atoms with Crippen molar-refractivity contribution in [2.24, 2.45) is 0 Å². The second kappa shape index (κ2) is 6.67. The molecule has 2 heterocycles. The highest BCUT2D eigenvalue weighted by atomic mass is 32.2. The standard InChI is InChI=1S/C21H22N2O5S/c1-13-8-9-16(10-14(13)2)21(15-6-4-3-5-7-15)19(25)23(20(26)22-21)17-11-29(27,28)12-18(17)24/h3-10,17-18,24H,11-12H2,1-2H3,(H,22,26)/t17-,18-,21+/m0/s1. The van der Waals surface area contributed by atoms with Crippen LogP contribution in [0.4, 0.5) is 4.79 Å². The summed E-state index contributed by atoms with van der Waals surface area (Å²) in [6, 6.07) is 12.6. The molecule has 0 bridgehead atoms. The number of imide groups is 1. The molecule has 152 valence electrons. The Balaban J connectivity index is 1.88. The van der Waals surface area contributed by atoms with Gasteiger partial charge >= 0.3 is 6.03 Å². The largest absolute Gasteiger partial charge is 0.390 e. The molecule has 2 aliphatic heterocycles. The van der Waals surface area contributed by atoms with Crippen molar-refractivity contribution < 1.29 is 23.1 Å². The molecule has 0 aliphatic carbocycles. The Hall–Kier alpha value is -2.71. The van der Waals surface area contributed by atoms with Crippen LogP contribution in [0.2, 0.25) is 0 Å². The number of hydrogen-bond donors (Lipinski definition) is 2. The predicted octanol–water partition coefficient (Wildman–Crippen LogP) is 1.26. The third-order valence-electron chi connectivity index (χ3n) is 5.82. The summed E-state index contributed by atoms with van der Waals surface area (Å²) in [4.78, 5) is 27.5. The molecule has 2 saturated heterocycles. The molecular weight excluding hydrogens is 392 g/mol. The highest BCUT2D eigenvalue weighted by Gasteiger charge is 2.58. The summed E-state index contributed by atoms with van der Waals surface area (Å²) in [5, 5.41) is 13.1. The summed E-state index contributed by atoms with van der Waals surface area (Å²) in [6.07, 6.45) is -1.30. The molecule has 7 nitrogen and oxygen atoms in total. The van der Waals surface area contributed by atoms with E-state index in [2.05, 4.69) is 5.32 Å². The molecule has 4 rings (SSSR count). The Morgan fingerprint density at radius 3 is 2.28 bits per heavy atom. The lowest BCUT2D eigenvalue weighted by Crippen LogP contribution is -2.49. The zero-order valence-electron chi connectivity index (χ0n) is 16.1. The SMILES string of the molecule is Cc1ccc([C@@]2(c3ccccc3)NC(=O)N([C@H]3CS(=O)(=O)C[C@@H]3O)C2=O)cc1C. The topological polar surface area (TPSA) is 104 Å². The molecule has 0 aromatic heterocycles. The van der Waals surface area contributed by atoms with E-state index in [1.165, 1.54) is 0 Å². The fraction of sp³-hybridized carbons (Fsp3) is 0.333. The van der Waals surface area contributed by atoms with Crippen molar-refractivity contribution in [2.45, 2.75) is 31.5 Å². The van der Waals surface area contributed by atoms with Gasteiger partial charge in [-0.3, -0.25) is 9.69 Å². The van der Waals surface area contributed by atoms with E-state index in [4.69, 9.17) is 0 Å². The Morgan fingerprint density at radius 2 is 1.69 bits per heavy atom. The minimum absolute atomic E-state index is 0.439. The van der Waals surface area contributed by atoms with Crippen LogP contribution < -0.4 is 5.32 Å². The lowest BCUT2D eigenvalue weighted by molar-refractivity contribution is -0.132. The van der Waals surface area contributed by atoms with E-state index < -0.39 is 51.0 Å². The number of nitrogens with one attached hydrogen (secondary N) is 1. The number of aryl methyl sites for hydroxylation is 2. The van der Waals surface area contributed by atoms with Crippen molar-refractivity contribution in [1.82, 2.24) is 10.2 Å². The van der Waals surface area contributed by atoms with Crippen LogP contribution in [-0.2, 0) is 20.2 Å². The third-order valence-corrected chi connectivity index (χ3v) is 7.52. The molecule has 8 heteroatoms. The van der Waals surface area contributed by atoms with E-state index in [9.17, 15) is 23.1 Å². The van der Waals surface area contributed by atoms with Gasteiger partial charge in [-0.25, -0.2) is 13.2 Å². The number of amides is 3. The van der Waals surface area contributed by atoms with Gasteiger partial charge in [-0.1, -0.05) is 48.5 Å². The number of carbonyl (C=O) groups is 2. The number of hydrogen-bond acceptors (Lipinski definition) is 5. The van der Waals surface area contributed by atoms with E-state index in [1.807, 2.05) is 32.0 Å². The molecule has 2 aromatic rings. The number of benzene rings is 2. The second-order valence-corrected chi connectivity index (χ2v) is 9.89. The molecule has 2 fully saturated rings. The molecule has 0 unspecified atom stereocenters. The summed E-state index contributed by atoms with van der Waals surface area (Å²) < 4.78 is 24.0. The average molecular weight is 414 g/mol. The molecule has 2 N–H and O–H groups in total. The third kappa shape index (κ3) is 3.03. The van der Waals surface area contributed by atoms with Crippen LogP contribution in [-0.4, -0.2) is 54.0 Å². The monoisotopic (exact) mass is 414 g/mol. The summed E-state index contributed by atoms with van der Waals surface area (Å²) in [6.45, 7) is 3.87. The van der Waals surface area contributed by atoms with Gasteiger partial charge in [-0.15, -0.1) is 0 Å². The van der Waals surface area contributed by atoms with Crippen LogP contribution in [0.5, 0.6) is 0 Å². The molecular formula is C21H22N2O5S. The fourth-order valence-electron chi connectivity index (χ4n) is 4.13. The van der Waals surface area contributed by atoms with Crippen molar-refractivity contribution in [3.8, 4) is 0 Å². The Morgan fingerprint density at radius 1 is 1.00 bits per heavy atom. The number of aliphatic hydroxyl groups excluding tert-OH is 1. The minimum atomic E-state index is -3.53. The van der Waals surface area contributed by atoms with E-state index in [0.29, 0.717) is 11.1 Å². The lowest BCUT2D eigenvalue weighted by Gasteiger charge is -2.30. The summed E-state index contributed by atoms with van der Waals surface area (Å²) in [7, 11) is -3.53. The Labute approximate surface area is 169 Å². The maximum Gasteiger partial charge on any atom is 0.325 e. The number of sulfone groups is 1. The highest BCUT2D eigenvalue weighted by molar-refractivity contribution is 7.91. The molecule has 0 spiro atoms. The number of carbonyl (C=O) groups excluding carboxylic acids is 2. The number of nitrogens with zero attached hydrogens (tertiary/aromatic N) is 1. The van der Waals surface area contributed by atoms with Gasteiger partial charge < -0.3 is 10.4 Å². The van der Waals surface area contributed by atoms with Crippen LogP contribution in [0, 0.1) is 13.8 Å². The van der Waals surface area contributed by atoms with Crippen LogP contribution in [0.3, 0.4) is 0 Å². The predicted molar refractivity (Wildman–Crippen MR) is 107 cm³/mol. The maximum absolute atomic E-state index is 13.7. The fourth-order valence-corrected chi connectivity index (χ4v) is 5.90. The molecule has 2 aromatic carbocycles. The minimum Gasteiger partial charge on any atom is -0.390 e. The van der Waals surface area contributed by atoms with Gasteiger partial charge in [-0.05, 0) is 36.1 Å². The van der Waals surface area contributed by atoms with Crippen molar-refractivity contribution in [3.05, 3.63) is 70.8 Å². The summed E-state index contributed by atoms with van der Waals surface area (Å²) in [5.74, 6) is -1.49. The van der Waals surface area contributed by atoms with E-state index in [0.717, 1.165) is 16.0 Å². The first-order chi connectivity index (χ1) is 13.7. The normalized spacial score (nSPS) is 28.6. The number of urea groups is 1. The molecule has 3 amide bonds. The van der Waals surface area contributed by atoms with Crippen molar-refractivity contribution in [3.63, 3.8) is 0 Å². The summed E-state index contributed by atoms with van der Waals surface area (Å²) >= 11 is 0. The number of aliphatic hydroxyl groups is 1.